The fourth-order valence-corrected chi connectivity index (χ4v) is 2.06. The van der Waals surface area contributed by atoms with Crippen LogP contribution in [0.15, 0.2) is 17.1 Å². The molecule has 0 N–H and O–H groups in total. The van der Waals surface area contributed by atoms with E-state index in [0.717, 1.165) is 31.9 Å². The van der Waals surface area contributed by atoms with Crippen molar-refractivity contribution in [1.29, 1.82) is 0 Å². The van der Waals surface area contributed by atoms with Crippen LogP contribution in [0.25, 0.3) is 0 Å². The summed E-state index contributed by atoms with van der Waals surface area (Å²) in [5.41, 5.74) is 0.636. The molecular weight excluding hydrogens is 244 g/mol. The maximum absolute atomic E-state index is 11.9. The van der Waals surface area contributed by atoms with E-state index >= 15 is 0 Å². The minimum absolute atomic E-state index is 0.0157. The van der Waals surface area contributed by atoms with E-state index in [2.05, 4.69) is 21.9 Å². The van der Waals surface area contributed by atoms with Crippen molar-refractivity contribution in [2.24, 2.45) is 0 Å². The van der Waals surface area contributed by atoms with Gasteiger partial charge < -0.3 is 9.80 Å². The Kier molecular flexibility index (Phi) is 4.31. The maximum Gasteiger partial charge on any atom is 0.269 e. The summed E-state index contributed by atoms with van der Waals surface area (Å²) in [4.78, 5) is 27.7. The number of hydrogen-bond acceptors (Lipinski definition) is 5. The molecule has 1 aliphatic heterocycles. The SMILES string of the molecule is CCC(=O)Cn1ncc(N2CCN(C)CC2)cc1=O. The van der Waals surface area contributed by atoms with Gasteiger partial charge in [-0.05, 0) is 7.05 Å². The van der Waals surface area contributed by atoms with E-state index in [0.29, 0.717) is 6.42 Å². The van der Waals surface area contributed by atoms with E-state index in [9.17, 15) is 9.59 Å². The summed E-state index contributed by atoms with van der Waals surface area (Å²) in [5.74, 6) is 0.0157. The number of hydrogen-bond donors (Lipinski definition) is 0. The molecule has 104 valence electrons. The Hall–Kier alpha value is -1.69. The number of aromatic nitrogens is 2. The molecule has 2 rings (SSSR count). The number of Topliss-reactive ketones (excluding diaryl/α,β-unsaturated/α-hetero) is 1. The standard InChI is InChI=1S/C13H20N4O2/c1-3-12(18)10-17-13(19)8-11(9-14-17)16-6-4-15(2)5-7-16/h8-9H,3-7,10H2,1-2H3. The molecule has 1 aromatic rings. The van der Waals surface area contributed by atoms with Gasteiger partial charge in [-0.15, -0.1) is 0 Å². The van der Waals surface area contributed by atoms with Crippen LogP contribution in [0.2, 0.25) is 0 Å². The fraction of sp³-hybridized carbons (Fsp3) is 0.615. The van der Waals surface area contributed by atoms with Gasteiger partial charge in [-0.1, -0.05) is 6.92 Å². The fourth-order valence-electron chi connectivity index (χ4n) is 2.06. The summed E-state index contributed by atoms with van der Waals surface area (Å²) in [7, 11) is 2.09. The monoisotopic (exact) mass is 264 g/mol. The molecule has 0 spiro atoms. The van der Waals surface area contributed by atoms with Gasteiger partial charge in [0, 0.05) is 38.7 Å². The smallest absolute Gasteiger partial charge is 0.269 e. The zero-order chi connectivity index (χ0) is 13.8. The Bertz CT molecular complexity index is 504. The lowest BCUT2D eigenvalue weighted by molar-refractivity contribution is -0.119. The first-order chi connectivity index (χ1) is 9.10. The maximum atomic E-state index is 11.9. The molecule has 0 aliphatic carbocycles. The molecule has 0 radical (unpaired) electrons. The third-order valence-corrected chi connectivity index (χ3v) is 3.44. The Morgan fingerprint density at radius 1 is 1.32 bits per heavy atom. The van der Waals surface area contributed by atoms with Crippen molar-refractivity contribution in [3.63, 3.8) is 0 Å². The van der Waals surface area contributed by atoms with Crippen LogP contribution in [0.3, 0.4) is 0 Å². The van der Waals surface area contributed by atoms with Crippen molar-refractivity contribution in [2.75, 3.05) is 38.1 Å². The number of piperazine rings is 1. The van der Waals surface area contributed by atoms with Crippen LogP contribution in [0.5, 0.6) is 0 Å². The lowest BCUT2D eigenvalue weighted by Gasteiger charge is -2.33. The highest BCUT2D eigenvalue weighted by molar-refractivity contribution is 5.77. The van der Waals surface area contributed by atoms with E-state index < -0.39 is 0 Å². The topological polar surface area (TPSA) is 58.4 Å². The number of carbonyl (C=O) groups excluding carboxylic acids is 1. The van der Waals surface area contributed by atoms with Crippen molar-refractivity contribution >= 4 is 11.5 Å². The molecular formula is C13H20N4O2. The van der Waals surface area contributed by atoms with Crippen molar-refractivity contribution in [3.05, 3.63) is 22.6 Å². The number of carbonyl (C=O) groups is 1. The van der Waals surface area contributed by atoms with Gasteiger partial charge >= 0.3 is 0 Å². The average Bonchev–Trinajstić information content (AvgIpc) is 2.41. The van der Waals surface area contributed by atoms with Gasteiger partial charge in [-0.3, -0.25) is 9.59 Å². The van der Waals surface area contributed by atoms with Gasteiger partial charge in [0.05, 0.1) is 11.9 Å². The van der Waals surface area contributed by atoms with Crippen molar-refractivity contribution in [2.45, 2.75) is 19.9 Å². The minimum atomic E-state index is -0.210. The predicted octanol–water partition coefficient (Wildman–Crippen LogP) is -0.0258. The highest BCUT2D eigenvalue weighted by Crippen LogP contribution is 2.11. The van der Waals surface area contributed by atoms with Crippen LogP contribution in [-0.2, 0) is 11.3 Å². The van der Waals surface area contributed by atoms with E-state index in [1.807, 2.05) is 0 Å². The molecule has 0 bridgehead atoms. The van der Waals surface area contributed by atoms with Crippen molar-refractivity contribution in [1.82, 2.24) is 14.7 Å². The summed E-state index contributed by atoms with van der Waals surface area (Å²) in [6, 6.07) is 1.57. The molecule has 1 aromatic heterocycles. The molecule has 1 fully saturated rings. The van der Waals surface area contributed by atoms with E-state index in [1.54, 1.807) is 19.2 Å². The molecule has 0 saturated carbocycles. The number of likely N-dealkylation sites (N-methyl/N-ethyl adjacent to an activating group) is 1. The first-order valence-electron chi connectivity index (χ1n) is 6.62. The Balaban J connectivity index is 2.10. The van der Waals surface area contributed by atoms with Gasteiger partial charge in [0.2, 0.25) is 0 Å². The Labute approximate surface area is 112 Å². The molecule has 1 aliphatic rings. The van der Waals surface area contributed by atoms with Crippen LogP contribution in [0.4, 0.5) is 5.69 Å². The second-order valence-electron chi connectivity index (χ2n) is 4.89. The third-order valence-electron chi connectivity index (χ3n) is 3.44. The summed E-state index contributed by atoms with van der Waals surface area (Å²) in [6.07, 6.45) is 2.10. The zero-order valence-corrected chi connectivity index (χ0v) is 11.5. The van der Waals surface area contributed by atoms with E-state index in [-0.39, 0.29) is 17.9 Å². The van der Waals surface area contributed by atoms with Gasteiger partial charge in [0.1, 0.15) is 6.54 Å². The number of anilines is 1. The van der Waals surface area contributed by atoms with Crippen molar-refractivity contribution in [3.8, 4) is 0 Å². The lowest BCUT2D eigenvalue weighted by atomic mass is 10.3. The second kappa shape index (κ2) is 5.97. The summed E-state index contributed by atoms with van der Waals surface area (Å²) < 4.78 is 1.23. The third kappa shape index (κ3) is 3.41. The lowest BCUT2D eigenvalue weighted by Crippen LogP contribution is -2.45. The van der Waals surface area contributed by atoms with Crippen LogP contribution >= 0.6 is 0 Å². The minimum Gasteiger partial charge on any atom is -0.368 e. The van der Waals surface area contributed by atoms with Crippen LogP contribution in [0.1, 0.15) is 13.3 Å². The normalized spacial score (nSPS) is 16.6. The van der Waals surface area contributed by atoms with Crippen LogP contribution in [-0.4, -0.2) is 53.7 Å². The van der Waals surface area contributed by atoms with Crippen LogP contribution in [0, 0.1) is 0 Å². The summed E-state index contributed by atoms with van der Waals surface area (Å²) in [6.45, 7) is 5.62. The molecule has 0 atom stereocenters. The Morgan fingerprint density at radius 3 is 2.58 bits per heavy atom. The quantitative estimate of drug-likeness (QED) is 0.764. The number of rotatable bonds is 4. The predicted molar refractivity (Wildman–Crippen MR) is 73.5 cm³/mol. The molecule has 0 unspecified atom stereocenters. The molecule has 2 heterocycles. The highest BCUT2D eigenvalue weighted by Gasteiger charge is 2.15. The van der Waals surface area contributed by atoms with Gasteiger partial charge in [-0.2, -0.15) is 5.10 Å². The molecule has 0 aromatic carbocycles. The van der Waals surface area contributed by atoms with Crippen molar-refractivity contribution < 1.29 is 4.79 Å². The summed E-state index contributed by atoms with van der Waals surface area (Å²) >= 11 is 0. The molecule has 0 amide bonds. The number of ketones is 1. The average molecular weight is 264 g/mol. The molecule has 6 heteroatoms. The highest BCUT2D eigenvalue weighted by atomic mass is 16.1. The number of nitrogens with zero attached hydrogens (tertiary/aromatic N) is 4. The molecule has 19 heavy (non-hydrogen) atoms. The molecule has 1 saturated heterocycles. The van der Waals surface area contributed by atoms with E-state index in [1.165, 1.54) is 4.68 Å². The van der Waals surface area contributed by atoms with Gasteiger partial charge in [0.15, 0.2) is 5.78 Å². The first-order valence-corrected chi connectivity index (χ1v) is 6.62. The zero-order valence-electron chi connectivity index (χ0n) is 11.5. The Morgan fingerprint density at radius 2 is 2.00 bits per heavy atom. The summed E-state index contributed by atoms with van der Waals surface area (Å²) in [5, 5.41) is 4.09. The molecule has 6 nitrogen and oxygen atoms in total. The van der Waals surface area contributed by atoms with Gasteiger partial charge in [-0.25, -0.2) is 4.68 Å². The van der Waals surface area contributed by atoms with Crippen LogP contribution < -0.4 is 10.5 Å². The largest absolute Gasteiger partial charge is 0.368 e. The van der Waals surface area contributed by atoms with E-state index in [4.69, 9.17) is 0 Å². The first kappa shape index (κ1) is 13.7. The second-order valence-corrected chi connectivity index (χ2v) is 4.89. The van der Waals surface area contributed by atoms with Gasteiger partial charge in [0.25, 0.3) is 5.56 Å².